The molecule has 3 aromatic heterocycles. The number of rotatable bonds is 2. The third-order valence-corrected chi connectivity index (χ3v) is 4.67. The first-order valence-corrected chi connectivity index (χ1v) is 8.30. The Hall–Kier alpha value is -3.15. The van der Waals surface area contributed by atoms with Gasteiger partial charge in [0.25, 0.3) is 0 Å². The molecule has 124 valence electrons. The summed E-state index contributed by atoms with van der Waals surface area (Å²) in [5, 5.41) is 11.8. The average Bonchev–Trinajstić information content (AvgIpc) is 3.32. The SMILES string of the molecule is Cc1cc2[nH]nc(-c3cnn(C)c3)c2nc1-c1cccc2c1OCC2. The molecular weight excluding hydrogens is 314 g/mol. The van der Waals surface area contributed by atoms with Crippen molar-refractivity contribution in [2.24, 2.45) is 7.05 Å². The maximum absolute atomic E-state index is 5.87. The van der Waals surface area contributed by atoms with Gasteiger partial charge < -0.3 is 4.74 Å². The molecule has 1 aliphatic rings. The molecule has 1 N–H and O–H groups in total. The van der Waals surface area contributed by atoms with Gasteiger partial charge in [0.15, 0.2) is 0 Å². The van der Waals surface area contributed by atoms with Crippen molar-refractivity contribution in [2.75, 3.05) is 6.61 Å². The molecule has 0 saturated heterocycles. The Kier molecular flexibility index (Phi) is 2.94. The number of pyridine rings is 1. The molecule has 4 aromatic rings. The number of para-hydroxylation sites is 1. The van der Waals surface area contributed by atoms with Gasteiger partial charge in [-0.05, 0) is 30.2 Å². The maximum Gasteiger partial charge on any atom is 0.132 e. The minimum Gasteiger partial charge on any atom is -0.492 e. The topological polar surface area (TPSA) is 68.6 Å². The highest BCUT2D eigenvalue weighted by Crippen LogP contribution is 2.38. The van der Waals surface area contributed by atoms with Crippen LogP contribution in [0.4, 0.5) is 0 Å². The summed E-state index contributed by atoms with van der Waals surface area (Å²) in [5.74, 6) is 0.962. The number of H-pyrrole nitrogens is 1. The van der Waals surface area contributed by atoms with Crippen molar-refractivity contribution in [2.45, 2.75) is 13.3 Å². The molecule has 0 radical (unpaired) electrons. The quantitative estimate of drug-likeness (QED) is 0.612. The number of aromatic nitrogens is 5. The van der Waals surface area contributed by atoms with Crippen LogP contribution in [-0.4, -0.2) is 31.6 Å². The van der Waals surface area contributed by atoms with E-state index in [-0.39, 0.29) is 0 Å². The van der Waals surface area contributed by atoms with Crippen molar-refractivity contribution < 1.29 is 4.74 Å². The second-order valence-electron chi connectivity index (χ2n) is 6.42. The lowest BCUT2D eigenvalue weighted by Crippen LogP contribution is -1.93. The fourth-order valence-corrected chi connectivity index (χ4v) is 3.47. The number of aryl methyl sites for hydroxylation is 2. The Labute approximate surface area is 144 Å². The van der Waals surface area contributed by atoms with Gasteiger partial charge >= 0.3 is 0 Å². The zero-order valence-corrected chi connectivity index (χ0v) is 14.1. The van der Waals surface area contributed by atoms with E-state index in [2.05, 4.69) is 46.5 Å². The van der Waals surface area contributed by atoms with E-state index in [1.165, 1.54) is 5.56 Å². The molecule has 6 heteroatoms. The average molecular weight is 331 g/mol. The molecule has 25 heavy (non-hydrogen) atoms. The highest BCUT2D eigenvalue weighted by molar-refractivity contribution is 5.92. The summed E-state index contributed by atoms with van der Waals surface area (Å²) in [7, 11) is 1.89. The summed E-state index contributed by atoms with van der Waals surface area (Å²) in [4.78, 5) is 4.96. The van der Waals surface area contributed by atoms with Crippen LogP contribution >= 0.6 is 0 Å². The number of ether oxygens (including phenoxy) is 1. The Morgan fingerprint density at radius 3 is 3.00 bits per heavy atom. The van der Waals surface area contributed by atoms with Gasteiger partial charge in [0.1, 0.15) is 17.0 Å². The molecule has 0 atom stereocenters. The first kappa shape index (κ1) is 14.2. The summed E-state index contributed by atoms with van der Waals surface area (Å²) in [6.45, 7) is 2.81. The van der Waals surface area contributed by atoms with E-state index in [4.69, 9.17) is 9.72 Å². The van der Waals surface area contributed by atoms with Crippen molar-refractivity contribution in [1.82, 2.24) is 25.0 Å². The van der Waals surface area contributed by atoms with Crippen LogP contribution in [0, 0.1) is 6.92 Å². The van der Waals surface area contributed by atoms with Gasteiger partial charge in [-0.3, -0.25) is 9.78 Å². The van der Waals surface area contributed by atoms with Gasteiger partial charge in [0.2, 0.25) is 0 Å². The van der Waals surface area contributed by atoms with E-state index in [1.807, 2.05) is 13.2 Å². The van der Waals surface area contributed by atoms with Crippen molar-refractivity contribution in [3.05, 3.63) is 47.8 Å². The van der Waals surface area contributed by atoms with E-state index < -0.39 is 0 Å². The molecule has 6 nitrogen and oxygen atoms in total. The molecule has 0 amide bonds. The van der Waals surface area contributed by atoms with Crippen LogP contribution in [0.5, 0.6) is 5.75 Å². The summed E-state index contributed by atoms with van der Waals surface area (Å²) >= 11 is 0. The van der Waals surface area contributed by atoms with Crippen LogP contribution in [0.3, 0.4) is 0 Å². The second-order valence-corrected chi connectivity index (χ2v) is 6.42. The predicted octanol–water partition coefficient (Wildman–Crippen LogP) is 3.27. The Morgan fingerprint density at radius 1 is 1.24 bits per heavy atom. The largest absolute Gasteiger partial charge is 0.492 e. The van der Waals surface area contributed by atoms with Gasteiger partial charge in [-0.25, -0.2) is 4.98 Å². The zero-order chi connectivity index (χ0) is 17.0. The lowest BCUT2D eigenvalue weighted by Gasteiger charge is -2.10. The molecule has 1 aromatic carbocycles. The number of hydrogen-bond donors (Lipinski definition) is 1. The lowest BCUT2D eigenvalue weighted by molar-refractivity contribution is 0.358. The number of nitrogens with zero attached hydrogens (tertiary/aromatic N) is 4. The van der Waals surface area contributed by atoms with Crippen LogP contribution in [-0.2, 0) is 13.5 Å². The highest BCUT2D eigenvalue weighted by Gasteiger charge is 2.21. The number of fused-ring (bicyclic) bond motifs is 2. The van der Waals surface area contributed by atoms with Crippen molar-refractivity contribution in [1.29, 1.82) is 0 Å². The lowest BCUT2D eigenvalue weighted by atomic mass is 10.0. The van der Waals surface area contributed by atoms with Crippen molar-refractivity contribution in [3.8, 4) is 28.3 Å². The van der Waals surface area contributed by atoms with Crippen molar-refractivity contribution >= 4 is 11.0 Å². The number of nitrogens with one attached hydrogen (secondary N) is 1. The first-order valence-electron chi connectivity index (χ1n) is 8.30. The van der Waals surface area contributed by atoms with Crippen LogP contribution in [0.1, 0.15) is 11.1 Å². The third kappa shape index (κ3) is 2.14. The van der Waals surface area contributed by atoms with E-state index in [0.717, 1.165) is 57.9 Å². The normalized spacial score (nSPS) is 13.2. The van der Waals surface area contributed by atoms with Gasteiger partial charge in [0.05, 0.1) is 24.0 Å². The van der Waals surface area contributed by atoms with Crippen LogP contribution < -0.4 is 4.74 Å². The molecule has 0 bridgehead atoms. The van der Waals surface area contributed by atoms with Crippen molar-refractivity contribution in [3.63, 3.8) is 0 Å². The van der Waals surface area contributed by atoms with Crippen LogP contribution in [0.25, 0.3) is 33.5 Å². The van der Waals surface area contributed by atoms with E-state index >= 15 is 0 Å². The molecule has 1 aliphatic heterocycles. The third-order valence-electron chi connectivity index (χ3n) is 4.67. The second kappa shape index (κ2) is 5.17. The minimum absolute atomic E-state index is 0.736. The Morgan fingerprint density at radius 2 is 2.16 bits per heavy atom. The summed E-state index contributed by atoms with van der Waals surface area (Å²) < 4.78 is 7.64. The first-order chi connectivity index (χ1) is 12.2. The molecule has 4 heterocycles. The van der Waals surface area contributed by atoms with Gasteiger partial charge in [-0.1, -0.05) is 12.1 Å². The molecule has 0 unspecified atom stereocenters. The predicted molar refractivity (Wildman–Crippen MR) is 95.5 cm³/mol. The summed E-state index contributed by atoms with van der Waals surface area (Å²) in [5.41, 5.74) is 7.88. The fourth-order valence-electron chi connectivity index (χ4n) is 3.47. The fraction of sp³-hybridized carbons (Fsp3) is 0.211. The zero-order valence-electron chi connectivity index (χ0n) is 14.1. The van der Waals surface area contributed by atoms with Gasteiger partial charge in [-0.15, -0.1) is 0 Å². The smallest absolute Gasteiger partial charge is 0.132 e. The monoisotopic (exact) mass is 331 g/mol. The molecule has 0 spiro atoms. The van der Waals surface area contributed by atoms with Gasteiger partial charge in [0, 0.05) is 30.8 Å². The Bertz CT molecular complexity index is 1110. The maximum atomic E-state index is 5.87. The summed E-state index contributed by atoms with van der Waals surface area (Å²) in [6.07, 6.45) is 4.71. The number of hydrogen-bond acceptors (Lipinski definition) is 4. The van der Waals surface area contributed by atoms with E-state index in [1.54, 1.807) is 10.9 Å². The molecule has 5 rings (SSSR count). The molecule has 0 fully saturated rings. The molecule has 0 saturated carbocycles. The number of aromatic amines is 1. The van der Waals surface area contributed by atoms with E-state index in [0.29, 0.717) is 0 Å². The van der Waals surface area contributed by atoms with E-state index in [9.17, 15) is 0 Å². The standard InChI is InChI=1S/C19H17N5O/c1-11-8-15-18(17(23-22-15)13-9-20-24(2)10-13)21-16(11)14-5-3-4-12-6-7-25-19(12)14/h3-5,8-10H,6-7H2,1-2H3,(H,22,23). The summed E-state index contributed by atoms with van der Waals surface area (Å²) in [6, 6.07) is 8.37. The van der Waals surface area contributed by atoms with Crippen LogP contribution in [0.2, 0.25) is 0 Å². The number of benzene rings is 1. The van der Waals surface area contributed by atoms with Gasteiger partial charge in [-0.2, -0.15) is 10.2 Å². The van der Waals surface area contributed by atoms with Crippen LogP contribution in [0.15, 0.2) is 36.7 Å². The minimum atomic E-state index is 0.736. The molecular formula is C19H17N5O. The highest BCUT2D eigenvalue weighted by atomic mass is 16.5. The Balaban J connectivity index is 1.75. The molecule has 0 aliphatic carbocycles.